The molecule has 23 heavy (non-hydrogen) atoms. The van der Waals surface area contributed by atoms with Crippen LogP contribution >= 0.6 is 0 Å². The zero-order valence-electron chi connectivity index (χ0n) is 13.7. The van der Waals surface area contributed by atoms with Crippen molar-refractivity contribution in [3.63, 3.8) is 0 Å². The average molecular weight is 340 g/mol. The van der Waals surface area contributed by atoms with Crippen molar-refractivity contribution in [1.29, 1.82) is 0 Å². The van der Waals surface area contributed by atoms with Crippen molar-refractivity contribution < 1.29 is 13.2 Å². The Morgan fingerprint density at radius 2 is 2.13 bits per heavy atom. The number of carbonyl (C=O) groups is 1. The van der Waals surface area contributed by atoms with E-state index in [0.29, 0.717) is 13.1 Å². The van der Waals surface area contributed by atoms with Gasteiger partial charge in [0.25, 0.3) is 0 Å². The maximum atomic E-state index is 12.6. The molecule has 7 nitrogen and oxygen atoms in total. The number of sulfone groups is 1. The number of aromatic nitrogens is 2. The first-order valence-electron chi connectivity index (χ1n) is 7.95. The number of rotatable bonds is 5. The number of hydrogen-bond acceptors (Lipinski definition) is 5. The van der Waals surface area contributed by atoms with Crippen molar-refractivity contribution in [3.8, 4) is 0 Å². The van der Waals surface area contributed by atoms with Crippen LogP contribution in [0.1, 0.15) is 18.7 Å². The molecular weight excluding hydrogens is 316 g/mol. The Morgan fingerprint density at radius 1 is 1.35 bits per heavy atom. The van der Waals surface area contributed by atoms with Crippen LogP contribution in [-0.2, 0) is 28.2 Å². The van der Waals surface area contributed by atoms with E-state index in [9.17, 15) is 13.2 Å². The van der Waals surface area contributed by atoms with Crippen LogP contribution in [-0.4, -0.2) is 71.9 Å². The minimum atomic E-state index is -3.03. The SMILES string of the molecule is Cn1ccnc1CN1CCCC2(C1)CN(CCS(C)(=O)=O)C2=O. The molecule has 128 valence electrons. The van der Waals surface area contributed by atoms with Gasteiger partial charge in [-0.3, -0.25) is 9.69 Å². The van der Waals surface area contributed by atoms with Crippen LogP contribution in [0.15, 0.2) is 12.4 Å². The lowest BCUT2D eigenvalue weighted by Gasteiger charge is -2.53. The first-order chi connectivity index (χ1) is 10.8. The van der Waals surface area contributed by atoms with E-state index in [1.54, 1.807) is 11.1 Å². The van der Waals surface area contributed by atoms with Crippen molar-refractivity contribution in [2.24, 2.45) is 12.5 Å². The predicted molar refractivity (Wildman–Crippen MR) is 86.4 cm³/mol. The third-order valence-corrected chi connectivity index (χ3v) is 5.83. The van der Waals surface area contributed by atoms with Gasteiger partial charge in [-0.25, -0.2) is 13.4 Å². The van der Waals surface area contributed by atoms with Crippen LogP contribution in [0.25, 0.3) is 0 Å². The number of imidazole rings is 1. The summed E-state index contributed by atoms with van der Waals surface area (Å²) >= 11 is 0. The van der Waals surface area contributed by atoms with Gasteiger partial charge in [0.2, 0.25) is 5.91 Å². The van der Waals surface area contributed by atoms with Gasteiger partial charge >= 0.3 is 0 Å². The monoisotopic (exact) mass is 340 g/mol. The van der Waals surface area contributed by atoms with Crippen LogP contribution in [0.4, 0.5) is 0 Å². The quantitative estimate of drug-likeness (QED) is 0.699. The standard InChI is InChI=1S/C15H24N4O3S/c1-17-7-5-16-13(17)10-18-6-3-4-15(11-18)12-19(14(15)20)8-9-23(2,21)22/h5,7H,3-4,6,8-12H2,1-2H3. The molecule has 1 amide bonds. The molecule has 0 radical (unpaired) electrons. The summed E-state index contributed by atoms with van der Waals surface area (Å²) in [5.74, 6) is 1.17. The molecule has 0 aromatic carbocycles. The first kappa shape index (κ1) is 16.4. The van der Waals surface area contributed by atoms with Crippen molar-refractivity contribution in [3.05, 3.63) is 18.2 Å². The fourth-order valence-electron chi connectivity index (χ4n) is 3.62. The van der Waals surface area contributed by atoms with Gasteiger partial charge in [0, 0.05) is 45.3 Å². The molecule has 1 atom stereocenters. The zero-order valence-corrected chi connectivity index (χ0v) is 14.5. The molecule has 1 aromatic rings. The topological polar surface area (TPSA) is 75.5 Å². The van der Waals surface area contributed by atoms with E-state index in [1.165, 1.54) is 6.26 Å². The van der Waals surface area contributed by atoms with Crippen molar-refractivity contribution in [2.75, 3.05) is 38.2 Å². The van der Waals surface area contributed by atoms with Crippen LogP contribution < -0.4 is 0 Å². The van der Waals surface area contributed by atoms with E-state index in [2.05, 4.69) is 9.88 Å². The van der Waals surface area contributed by atoms with Gasteiger partial charge in [-0.05, 0) is 19.4 Å². The molecule has 0 N–H and O–H groups in total. The van der Waals surface area contributed by atoms with E-state index in [4.69, 9.17) is 0 Å². The van der Waals surface area contributed by atoms with Crippen molar-refractivity contribution in [1.82, 2.24) is 19.4 Å². The first-order valence-corrected chi connectivity index (χ1v) is 10.0. The molecule has 0 bridgehead atoms. The number of likely N-dealkylation sites (tertiary alicyclic amines) is 2. The molecule has 0 saturated carbocycles. The van der Waals surface area contributed by atoms with Crippen LogP contribution in [0.5, 0.6) is 0 Å². The second-order valence-electron chi connectivity index (χ2n) is 6.91. The van der Waals surface area contributed by atoms with Gasteiger partial charge < -0.3 is 9.47 Å². The number of amides is 1. The van der Waals surface area contributed by atoms with Gasteiger partial charge in [-0.1, -0.05) is 0 Å². The molecule has 8 heteroatoms. The van der Waals surface area contributed by atoms with E-state index in [0.717, 1.165) is 38.3 Å². The second kappa shape index (κ2) is 5.90. The summed E-state index contributed by atoms with van der Waals surface area (Å²) in [7, 11) is -1.05. The summed E-state index contributed by atoms with van der Waals surface area (Å²) in [6, 6.07) is 0. The molecule has 2 saturated heterocycles. The molecule has 1 unspecified atom stereocenters. The van der Waals surface area contributed by atoms with Gasteiger partial charge in [-0.2, -0.15) is 0 Å². The number of carbonyl (C=O) groups excluding carboxylic acids is 1. The largest absolute Gasteiger partial charge is 0.340 e. The van der Waals surface area contributed by atoms with E-state index in [1.807, 2.05) is 17.8 Å². The lowest BCUT2D eigenvalue weighted by atomic mass is 9.72. The van der Waals surface area contributed by atoms with Crippen molar-refractivity contribution >= 4 is 15.7 Å². The molecule has 3 heterocycles. The summed E-state index contributed by atoms with van der Waals surface area (Å²) < 4.78 is 24.5. The highest BCUT2D eigenvalue weighted by Crippen LogP contribution is 2.40. The normalized spacial score (nSPS) is 25.8. The summed E-state index contributed by atoms with van der Waals surface area (Å²) in [6.45, 7) is 3.47. The molecule has 3 rings (SSSR count). The van der Waals surface area contributed by atoms with Crippen molar-refractivity contribution in [2.45, 2.75) is 19.4 Å². The molecule has 0 aliphatic carbocycles. The zero-order chi connectivity index (χ0) is 16.7. The summed E-state index contributed by atoms with van der Waals surface area (Å²) in [5, 5.41) is 0. The highest BCUT2D eigenvalue weighted by atomic mass is 32.2. The summed E-state index contributed by atoms with van der Waals surface area (Å²) in [5.41, 5.74) is -0.305. The predicted octanol–water partition coefficient (Wildman–Crippen LogP) is -0.111. The number of β-lactam (4-membered cyclic amide) rings is 1. The van der Waals surface area contributed by atoms with Gasteiger partial charge in [0.05, 0.1) is 17.7 Å². The lowest BCUT2D eigenvalue weighted by Crippen LogP contribution is -2.67. The molecule has 2 aliphatic rings. The fourth-order valence-corrected chi connectivity index (χ4v) is 4.17. The van der Waals surface area contributed by atoms with Gasteiger partial charge in [0.15, 0.2) is 0 Å². The van der Waals surface area contributed by atoms with E-state index in [-0.39, 0.29) is 17.1 Å². The Kier molecular flexibility index (Phi) is 4.22. The number of aryl methyl sites for hydroxylation is 1. The fraction of sp³-hybridized carbons (Fsp3) is 0.733. The Bertz CT molecular complexity index is 699. The van der Waals surface area contributed by atoms with Gasteiger partial charge in [0.1, 0.15) is 15.7 Å². The smallest absolute Gasteiger partial charge is 0.231 e. The van der Waals surface area contributed by atoms with Crippen LogP contribution in [0.2, 0.25) is 0 Å². The van der Waals surface area contributed by atoms with Crippen LogP contribution in [0, 0.1) is 5.41 Å². The highest BCUT2D eigenvalue weighted by Gasteiger charge is 2.53. The maximum absolute atomic E-state index is 12.6. The Morgan fingerprint density at radius 3 is 2.74 bits per heavy atom. The van der Waals surface area contributed by atoms with E-state index < -0.39 is 9.84 Å². The minimum absolute atomic E-state index is 0.0474. The summed E-state index contributed by atoms with van der Waals surface area (Å²) in [6.07, 6.45) is 6.82. The Hall–Kier alpha value is -1.41. The number of piperidine rings is 1. The average Bonchev–Trinajstić information content (AvgIpc) is 2.88. The van der Waals surface area contributed by atoms with Gasteiger partial charge in [-0.15, -0.1) is 0 Å². The second-order valence-corrected chi connectivity index (χ2v) is 9.17. The highest BCUT2D eigenvalue weighted by molar-refractivity contribution is 7.90. The molecular formula is C15H24N4O3S. The molecule has 2 fully saturated rings. The molecule has 2 aliphatic heterocycles. The maximum Gasteiger partial charge on any atom is 0.231 e. The lowest BCUT2D eigenvalue weighted by molar-refractivity contribution is -0.165. The third kappa shape index (κ3) is 3.42. The third-order valence-electron chi connectivity index (χ3n) is 4.91. The Balaban J connectivity index is 1.59. The summed E-state index contributed by atoms with van der Waals surface area (Å²) in [4.78, 5) is 20.9. The van der Waals surface area contributed by atoms with E-state index >= 15 is 0 Å². The van der Waals surface area contributed by atoms with Crippen LogP contribution in [0.3, 0.4) is 0 Å². The molecule has 1 spiro atoms. The minimum Gasteiger partial charge on any atom is -0.340 e. The molecule has 1 aromatic heterocycles. The Labute approximate surface area is 137 Å². The number of hydrogen-bond donors (Lipinski definition) is 0. The number of nitrogens with zero attached hydrogens (tertiary/aromatic N) is 4.